The fraction of sp³-hybridized carbons (Fsp3) is 0.833. The van der Waals surface area contributed by atoms with E-state index in [4.69, 9.17) is 9.47 Å². The second kappa shape index (κ2) is 5.32. The fourth-order valence-electron chi connectivity index (χ4n) is 2.71. The quantitative estimate of drug-likeness (QED) is 0.542. The Morgan fingerprint density at radius 1 is 1.44 bits per heavy atom. The molecule has 1 saturated carbocycles. The lowest BCUT2D eigenvalue weighted by Gasteiger charge is -2.22. The highest BCUT2D eigenvalue weighted by molar-refractivity contribution is 5.73. The van der Waals surface area contributed by atoms with Gasteiger partial charge in [0, 0.05) is 5.92 Å². The first kappa shape index (κ1) is 13.0. The van der Waals surface area contributed by atoms with Crippen LogP contribution in [0.3, 0.4) is 0 Å². The Labute approximate surface area is 96.3 Å². The summed E-state index contributed by atoms with van der Waals surface area (Å²) >= 11 is 0. The van der Waals surface area contributed by atoms with Gasteiger partial charge in [-0.2, -0.15) is 0 Å². The Morgan fingerprint density at radius 3 is 2.50 bits per heavy atom. The molecule has 0 unspecified atom stereocenters. The van der Waals surface area contributed by atoms with Crippen molar-refractivity contribution in [2.45, 2.75) is 33.3 Å². The molecule has 0 spiro atoms. The van der Waals surface area contributed by atoms with Gasteiger partial charge >= 0.3 is 5.97 Å². The van der Waals surface area contributed by atoms with Crippen molar-refractivity contribution in [3.8, 4) is 0 Å². The van der Waals surface area contributed by atoms with E-state index >= 15 is 0 Å². The van der Waals surface area contributed by atoms with E-state index < -0.39 is 0 Å². The van der Waals surface area contributed by atoms with E-state index in [1.54, 1.807) is 0 Å². The van der Waals surface area contributed by atoms with Crippen LogP contribution in [-0.2, 0) is 19.1 Å². The van der Waals surface area contributed by atoms with Crippen LogP contribution in [0.1, 0.15) is 27.2 Å². The van der Waals surface area contributed by atoms with Crippen LogP contribution in [0.2, 0.25) is 0 Å². The molecule has 0 aromatic heterocycles. The molecule has 16 heavy (non-hydrogen) atoms. The zero-order valence-electron chi connectivity index (χ0n) is 10.3. The van der Waals surface area contributed by atoms with Crippen LogP contribution in [0.15, 0.2) is 0 Å². The molecule has 92 valence electrons. The van der Waals surface area contributed by atoms with Crippen molar-refractivity contribution < 1.29 is 19.1 Å². The van der Waals surface area contributed by atoms with Crippen molar-refractivity contribution in [3.05, 3.63) is 0 Å². The van der Waals surface area contributed by atoms with Crippen LogP contribution >= 0.6 is 0 Å². The van der Waals surface area contributed by atoms with Gasteiger partial charge in [0.05, 0.1) is 13.0 Å². The molecule has 0 aromatic carbocycles. The van der Waals surface area contributed by atoms with Crippen LogP contribution in [0.5, 0.6) is 0 Å². The van der Waals surface area contributed by atoms with Gasteiger partial charge in [-0.15, -0.1) is 0 Å². The van der Waals surface area contributed by atoms with Crippen molar-refractivity contribution in [1.82, 2.24) is 0 Å². The Balaban J connectivity index is 2.84. The molecular formula is C12H20O4. The van der Waals surface area contributed by atoms with Crippen LogP contribution in [0, 0.1) is 23.7 Å². The molecule has 0 saturated heterocycles. The van der Waals surface area contributed by atoms with Gasteiger partial charge in [0.2, 0.25) is 0 Å². The summed E-state index contributed by atoms with van der Waals surface area (Å²) in [5.41, 5.74) is 0. The van der Waals surface area contributed by atoms with E-state index in [-0.39, 0.29) is 29.8 Å². The van der Waals surface area contributed by atoms with Crippen molar-refractivity contribution in [3.63, 3.8) is 0 Å². The van der Waals surface area contributed by atoms with Gasteiger partial charge in [0.15, 0.2) is 0 Å². The van der Waals surface area contributed by atoms with Crippen molar-refractivity contribution in [2.75, 3.05) is 7.11 Å². The molecule has 4 nitrogen and oxygen atoms in total. The molecule has 1 fully saturated rings. The molecule has 1 rings (SSSR count). The van der Waals surface area contributed by atoms with E-state index in [1.807, 2.05) is 6.92 Å². The molecule has 0 aromatic rings. The van der Waals surface area contributed by atoms with E-state index in [0.29, 0.717) is 12.4 Å². The van der Waals surface area contributed by atoms with Crippen molar-refractivity contribution in [1.29, 1.82) is 0 Å². The lowest BCUT2D eigenvalue weighted by molar-refractivity contribution is -0.150. The number of hydrogen-bond acceptors (Lipinski definition) is 4. The number of carbonyl (C=O) groups is 2. The van der Waals surface area contributed by atoms with Crippen LogP contribution in [-0.4, -0.2) is 25.7 Å². The van der Waals surface area contributed by atoms with Gasteiger partial charge < -0.3 is 9.47 Å². The first-order valence-electron chi connectivity index (χ1n) is 5.69. The maximum atomic E-state index is 11.7. The highest BCUT2D eigenvalue weighted by Crippen LogP contribution is 2.43. The van der Waals surface area contributed by atoms with Gasteiger partial charge in [-0.05, 0) is 18.3 Å². The van der Waals surface area contributed by atoms with E-state index in [2.05, 4.69) is 13.8 Å². The van der Waals surface area contributed by atoms with Gasteiger partial charge in [-0.25, -0.2) is 0 Å². The molecule has 4 heteroatoms. The van der Waals surface area contributed by atoms with Crippen molar-refractivity contribution >= 4 is 12.4 Å². The smallest absolute Gasteiger partial charge is 0.309 e. The van der Waals surface area contributed by atoms with E-state index in [0.717, 1.165) is 6.42 Å². The number of esters is 1. The van der Waals surface area contributed by atoms with Gasteiger partial charge in [-0.1, -0.05) is 20.8 Å². The highest BCUT2D eigenvalue weighted by Gasteiger charge is 2.47. The third kappa shape index (κ3) is 2.36. The summed E-state index contributed by atoms with van der Waals surface area (Å²) in [5, 5.41) is 0. The number of rotatable bonds is 4. The van der Waals surface area contributed by atoms with Gasteiger partial charge in [0.1, 0.15) is 6.10 Å². The summed E-state index contributed by atoms with van der Waals surface area (Å²) in [6.45, 7) is 6.57. The number of ether oxygens (including phenoxy) is 2. The monoisotopic (exact) mass is 228 g/mol. The summed E-state index contributed by atoms with van der Waals surface area (Å²) < 4.78 is 9.86. The zero-order valence-corrected chi connectivity index (χ0v) is 10.3. The third-order valence-electron chi connectivity index (χ3n) is 3.68. The molecule has 0 bridgehead atoms. The normalized spacial score (nSPS) is 33.8. The van der Waals surface area contributed by atoms with Crippen LogP contribution < -0.4 is 0 Å². The molecule has 1 aliphatic rings. The highest BCUT2D eigenvalue weighted by atomic mass is 16.5. The maximum absolute atomic E-state index is 11.7. The van der Waals surface area contributed by atoms with Gasteiger partial charge in [-0.3, -0.25) is 9.59 Å². The van der Waals surface area contributed by atoms with Crippen molar-refractivity contribution in [2.24, 2.45) is 23.7 Å². The molecule has 1 aliphatic carbocycles. The summed E-state index contributed by atoms with van der Waals surface area (Å²) in [6.07, 6.45) is 0.589. The van der Waals surface area contributed by atoms with E-state index in [9.17, 15) is 9.59 Å². The predicted octanol–water partition coefficient (Wildman–Crippen LogP) is 1.63. The van der Waals surface area contributed by atoms with Gasteiger partial charge in [0.25, 0.3) is 6.47 Å². The first-order chi connectivity index (χ1) is 7.52. The Kier molecular flexibility index (Phi) is 4.33. The second-order valence-electron chi connectivity index (χ2n) is 4.82. The Morgan fingerprint density at radius 2 is 2.06 bits per heavy atom. The fourth-order valence-corrected chi connectivity index (χ4v) is 2.71. The third-order valence-corrected chi connectivity index (χ3v) is 3.68. The standard InChI is InChI=1S/C12H20O4/c1-7(2)9-5-10(16-6-13)8(3)11(9)12(14)15-4/h6-11H,5H2,1-4H3/t8-,9-,10+,11+/m0/s1. The minimum Gasteiger partial charge on any atom is -0.469 e. The number of methoxy groups -OCH3 is 1. The SMILES string of the molecule is COC(=O)[C@@H]1[C@@H](C)[C@H](OC=O)C[C@H]1C(C)C. The minimum atomic E-state index is -0.191. The molecular weight excluding hydrogens is 208 g/mol. The van der Waals surface area contributed by atoms with E-state index in [1.165, 1.54) is 7.11 Å². The number of carbonyl (C=O) groups excluding carboxylic acids is 2. The summed E-state index contributed by atoms with van der Waals surface area (Å²) in [6, 6.07) is 0. The molecule has 4 atom stereocenters. The lowest BCUT2D eigenvalue weighted by atomic mass is 9.83. The Hall–Kier alpha value is -1.06. The maximum Gasteiger partial charge on any atom is 0.309 e. The molecule has 0 N–H and O–H groups in total. The molecule has 0 aliphatic heterocycles. The average molecular weight is 228 g/mol. The predicted molar refractivity (Wildman–Crippen MR) is 58.6 cm³/mol. The molecule has 0 radical (unpaired) electrons. The average Bonchev–Trinajstić information content (AvgIpc) is 2.56. The molecule has 0 amide bonds. The number of hydrogen-bond donors (Lipinski definition) is 0. The van der Waals surface area contributed by atoms with Crippen LogP contribution in [0.25, 0.3) is 0 Å². The summed E-state index contributed by atoms with van der Waals surface area (Å²) in [7, 11) is 1.40. The van der Waals surface area contributed by atoms with Crippen LogP contribution in [0.4, 0.5) is 0 Å². The second-order valence-corrected chi connectivity index (χ2v) is 4.82. The lowest BCUT2D eigenvalue weighted by Crippen LogP contribution is -2.29. The topological polar surface area (TPSA) is 52.6 Å². The summed E-state index contributed by atoms with van der Waals surface area (Å²) in [4.78, 5) is 22.1. The molecule has 0 heterocycles. The summed E-state index contributed by atoms with van der Waals surface area (Å²) in [5.74, 6) is 0.294. The zero-order chi connectivity index (χ0) is 12.3. The Bertz CT molecular complexity index is 262. The first-order valence-corrected chi connectivity index (χ1v) is 5.69. The minimum absolute atomic E-state index is 0.0325. The largest absolute Gasteiger partial charge is 0.469 e.